The van der Waals surface area contributed by atoms with E-state index in [0.717, 1.165) is 47.1 Å². The average molecular weight is 615 g/mol. The highest BCUT2D eigenvalue weighted by Crippen LogP contribution is 2.64. The molecule has 1 aromatic carbocycles. The highest BCUT2D eigenvalue weighted by atomic mass is 32.2. The first-order chi connectivity index (χ1) is 19.9. The molecule has 3 aromatic heterocycles. The molecule has 4 aromatic rings. The molecule has 42 heavy (non-hydrogen) atoms. The molecule has 0 aliphatic heterocycles. The summed E-state index contributed by atoms with van der Waals surface area (Å²) in [5, 5.41) is 28.4. The summed E-state index contributed by atoms with van der Waals surface area (Å²) >= 11 is 1.40. The fraction of sp³-hybridized carbons (Fsp3) is 0.429. The number of benzene rings is 1. The van der Waals surface area contributed by atoms with Gasteiger partial charge in [0, 0.05) is 36.4 Å². The number of fused-ring (bicyclic) bond motifs is 2. The van der Waals surface area contributed by atoms with Crippen molar-refractivity contribution >= 4 is 43.2 Å². The lowest BCUT2D eigenvalue weighted by molar-refractivity contribution is -0.0616. The second-order valence-electron chi connectivity index (χ2n) is 11.5. The minimum absolute atomic E-state index is 0.0171. The van der Waals surface area contributed by atoms with Gasteiger partial charge in [-0.25, -0.2) is 27.2 Å². The topological polar surface area (TPSA) is 150 Å². The van der Waals surface area contributed by atoms with Crippen molar-refractivity contribution in [1.29, 1.82) is 0 Å². The first-order valence-corrected chi connectivity index (χ1v) is 16.4. The van der Waals surface area contributed by atoms with Gasteiger partial charge in [-0.15, -0.1) is 11.3 Å². The maximum absolute atomic E-state index is 14.3. The van der Waals surface area contributed by atoms with E-state index in [1.165, 1.54) is 17.4 Å². The SMILES string of the molecule is Cc1nc(NCc2c(F)cccc2F)nc(NC2(O)CCC3C(S(C)(=O)=O)C32O)c1-c1nc2c(C3CC3)nccc2s1. The van der Waals surface area contributed by atoms with Crippen LogP contribution in [0.15, 0.2) is 30.5 Å². The zero-order valence-corrected chi connectivity index (χ0v) is 24.4. The Hall–Kier alpha value is -3.33. The van der Waals surface area contributed by atoms with Crippen LogP contribution in [-0.4, -0.2) is 61.4 Å². The minimum Gasteiger partial charge on any atom is -0.383 e. The minimum atomic E-state index is -3.64. The number of thiazole rings is 1. The van der Waals surface area contributed by atoms with E-state index < -0.39 is 44.0 Å². The Kier molecular flexibility index (Phi) is 6.11. The molecule has 0 bridgehead atoms. The molecule has 220 valence electrons. The van der Waals surface area contributed by atoms with E-state index >= 15 is 0 Å². The second-order valence-corrected chi connectivity index (χ2v) is 14.6. The Labute approximate surface area is 244 Å². The predicted octanol–water partition coefficient (Wildman–Crippen LogP) is 3.89. The van der Waals surface area contributed by atoms with Crippen molar-refractivity contribution < 1.29 is 27.4 Å². The number of rotatable bonds is 8. The van der Waals surface area contributed by atoms with Crippen molar-refractivity contribution in [3.05, 3.63) is 59.0 Å². The molecule has 3 saturated carbocycles. The van der Waals surface area contributed by atoms with E-state index in [0.29, 0.717) is 28.6 Å². The highest BCUT2D eigenvalue weighted by Gasteiger charge is 2.81. The number of nitrogens with one attached hydrogen (secondary N) is 2. The number of aliphatic hydroxyl groups is 2. The molecule has 14 heteroatoms. The summed E-state index contributed by atoms with van der Waals surface area (Å²) < 4.78 is 54.3. The van der Waals surface area contributed by atoms with Crippen LogP contribution in [0.5, 0.6) is 0 Å². The molecule has 3 aliphatic rings. The van der Waals surface area contributed by atoms with Gasteiger partial charge in [-0.1, -0.05) is 6.07 Å². The van der Waals surface area contributed by atoms with Gasteiger partial charge in [0.05, 0.1) is 21.7 Å². The monoisotopic (exact) mass is 614 g/mol. The number of anilines is 2. The van der Waals surface area contributed by atoms with Crippen LogP contribution < -0.4 is 10.6 Å². The summed E-state index contributed by atoms with van der Waals surface area (Å²) in [5.74, 6) is -1.58. The summed E-state index contributed by atoms with van der Waals surface area (Å²) in [6.45, 7) is 1.47. The lowest BCUT2D eigenvalue weighted by Gasteiger charge is -2.33. The number of hydrogen-bond donors (Lipinski definition) is 4. The fourth-order valence-corrected chi connectivity index (χ4v) is 9.33. The summed E-state index contributed by atoms with van der Waals surface area (Å²) in [4.78, 5) is 18.5. The maximum atomic E-state index is 14.3. The van der Waals surface area contributed by atoms with E-state index in [-0.39, 0.29) is 30.3 Å². The Morgan fingerprint density at radius 2 is 1.83 bits per heavy atom. The number of sulfone groups is 1. The van der Waals surface area contributed by atoms with Gasteiger partial charge in [0.15, 0.2) is 15.6 Å². The molecular weight excluding hydrogens is 586 g/mol. The summed E-state index contributed by atoms with van der Waals surface area (Å²) in [6, 6.07) is 5.46. The number of aromatic nitrogens is 4. The number of nitrogens with zero attached hydrogens (tertiary/aromatic N) is 4. The number of hydrogen-bond acceptors (Lipinski definition) is 11. The predicted molar refractivity (Wildman–Crippen MR) is 154 cm³/mol. The van der Waals surface area contributed by atoms with E-state index in [1.807, 2.05) is 6.07 Å². The third-order valence-corrected chi connectivity index (χ3v) is 11.3. The van der Waals surface area contributed by atoms with Crippen LogP contribution in [0.1, 0.15) is 48.6 Å². The summed E-state index contributed by atoms with van der Waals surface area (Å²) in [7, 11) is -3.64. The maximum Gasteiger partial charge on any atom is 0.225 e. The van der Waals surface area contributed by atoms with Crippen LogP contribution in [-0.2, 0) is 16.4 Å². The third-order valence-electron chi connectivity index (χ3n) is 8.61. The molecule has 3 fully saturated rings. The molecular formula is C28H28F2N6O4S2. The second kappa shape index (κ2) is 9.33. The van der Waals surface area contributed by atoms with Crippen molar-refractivity contribution in [1.82, 2.24) is 19.9 Å². The summed E-state index contributed by atoms with van der Waals surface area (Å²) in [6.07, 6.45) is 5.28. The standard InChI is InChI=1S/C28H28F2N6O4S2/c1-13-20(25-34-22-19(41-25)9-11-31-21(22)14-6-7-14)24(35-26(33-13)32-12-15-17(29)4-3-5-18(15)30)36-27(37)10-8-16-23(28(16,27)38)42(2,39)40/h3-5,9,11,14,16,23,37-38H,6-8,10,12H2,1-2H3,(H2,32,33,35,36). The Morgan fingerprint density at radius 3 is 2.50 bits per heavy atom. The van der Waals surface area contributed by atoms with Gasteiger partial charge in [-0.2, -0.15) is 4.98 Å². The van der Waals surface area contributed by atoms with E-state index in [2.05, 4.69) is 25.6 Å². The molecule has 3 heterocycles. The number of halogens is 2. The van der Waals surface area contributed by atoms with E-state index in [1.54, 1.807) is 13.1 Å². The summed E-state index contributed by atoms with van der Waals surface area (Å²) in [5.41, 5.74) is -1.50. The lowest BCUT2D eigenvalue weighted by Crippen LogP contribution is -2.52. The molecule has 0 amide bonds. The number of aryl methyl sites for hydroxylation is 1. The van der Waals surface area contributed by atoms with Gasteiger partial charge in [0.2, 0.25) is 5.95 Å². The van der Waals surface area contributed by atoms with Gasteiger partial charge >= 0.3 is 0 Å². The molecule has 10 nitrogen and oxygen atoms in total. The van der Waals surface area contributed by atoms with Crippen molar-refractivity contribution in [2.45, 2.75) is 61.6 Å². The van der Waals surface area contributed by atoms with Crippen molar-refractivity contribution in [3.8, 4) is 10.6 Å². The molecule has 7 rings (SSSR count). The normalized spacial score (nSPS) is 26.8. The fourth-order valence-electron chi connectivity index (χ4n) is 6.38. The molecule has 4 unspecified atom stereocenters. The molecule has 4 N–H and O–H groups in total. The van der Waals surface area contributed by atoms with Crippen molar-refractivity contribution in [2.75, 3.05) is 16.9 Å². The van der Waals surface area contributed by atoms with Gasteiger partial charge in [-0.05, 0) is 50.8 Å². The van der Waals surface area contributed by atoms with Crippen LogP contribution in [0.3, 0.4) is 0 Å². The Balaban J connectivity index is 1.31. The van der Waals surface area contributed by atoms with Crippen molar-refractivity contribution in [2.24, 2.45) is 5.92 Å². The zero-order valence-electron chi connectivity index (χ0n) is 22.7. The smallest absolute Gasteiger partial charge is 0.225 e. The first kappa shape index (κ1) is 27.5. The van der Waals surface area contributed by atoms with E-state index in [9.17, 15) is 27.4 Å². The quantitative estimate of drug-likeness (QED) is 0.215. The van der Waals surface area contributed by atoms with Gasteiger partial charge in [0.25, 0.3) is 0 Å². The van der Waals surface area contributed by atoms with Crippen LogP contribution in [0.2, 0.25) is 0 Å². The van der Waals surface area contributed by atoms with Crippen LogP contribution >= 0.6 is 11.3 Å². The highest BCUT2D eigenvalue weighted by molar-refractivity contribution is 7.91. The van der Waals surface area contributed by atoms with E-state index in [4.69, 9.17) is 4.98 Å². The van der Waals surface area contributed by atoms with Gasteiger partial charge in [-0.3, -0.25) is 4.98 Å². The zero-order chi connectivity index (χ0) is 29.6. The molecule has 0 radical (unpaired) electrons. The van der Waals surface area contributed by atoms with Gasteiger partial charge < -0.3 is 20.8 Å². The van der Waals surface area contributed by atoms with Crippen LogP contribution in [0, 0.1) is 24.5 Å². The van der Waals surface area contributed by atoms with Crippen LogP contribution in [0.4, 0.5) is 20.5 Å². The Morgan fingerprint density at radius 1 is 1.10 bits per heavy atom. The first-order valence-electron chi connectivity index (χ1n) is 13.6. The largest absolute Gasteiger partial charge is 0.383 e. The third kappa shape index (κ3) is 4.26. The molecule has 4 atom stereocenters. The number of pyridine rings is 1. The average Bonchev–Trinajstić information content (AvgIpc) is 3.79. The molecule has 3 aliphatic carbocycles. The molecule has 0 saturated heterocycles. The van der Waals surface area contributed by atoms with Crippen LogP contribution in [0.25, 0.3) is 20.8 Å². The Bertz CT molecular complexity index is 1850. The lowest BCUT2D eigenvalue weighted by atomic mass is 10.0. The van der Waals surface area contributed by atoms with Crippen molar-refractivity contribution in [3.63, 3.8) is 0 Å². The van der Waals surface area contributed by atoms with Gasteiger partial charge in [0.1, 0.15) is 38.8 Å². The molecule has 0 spiro atoms.